The van der Waals surface area contributed by atoms with E-state index in [1.165, 1.54) is 181 Å². The van der Waals surface area contributed by atoms with Gasteiger partial charge in [0.2, 0.25) is 0 Å². The molecule has 0 aromatic heterocycles. The number of allylic oxidation sites excluding steroid dienone is 8. The molecule has 0 radical (unpaired) electrons. The van der Waals surface area contributed by atoms with Gasteiger partial charge in [0, 0.05) is 39.3 Å². The molecule has 1 N–H and O–H groups in total. The molecule has 1 aliphatic rings. The lowest BCUT2D eigenvalue weighted by atomic mass is 10.1. The van der Waals surface area contributed by atoms with Crippen molar-refractivity contribution in [2.75, 3.05) is 52.4 Å². The molecule has 3 heteroatoms. The number of nitrogens with zero attached hydrogens (tertiary/aromatic N) is 2. The first-order chi connectivity index (χ1) is 22.4. The first-order valence-corrected chi connectivity index (χ1v) is 20.1. The molecular formula is C42H79N3. The van der Waals surface area contributed by atoms with Crippen LogP contribution in [0, 0.1) is 0 Å². The molecule has 1 heterocycles. The molecule has 1 rings (SSSR count). The summed E-state index contributed by atoms with van der Waals surface area (Å²) >= 11 is 0. The lowest BCUT2D eigenvalue weighted by Crippen LogP contribution is -2.46. The molecule has 0 atom stereocenters. The highest BCUT2D eigenvalue weighted by atomic mass is 15.2. The van der Waals surface area contributed by atoms with Gasteiger partial charge in [-0.1, -0.05) is 140 Å². The fourth-order valence-corrected chi connectivity index (χ4v) is 6.20. The number of piperazine rings is 1. The van der Waals surface area contributed by atoms with Crippen molar-refractivity contribution in [3.05, 3.63) is 48.6 Å². The highest BCUT2D eigenvalue weighted by molar-refractivity contribution is 4.93. The second-order valence-electron chi connectivity index (χ2n) is 13.6. The normalized spacial score (nSPS) is 14.9. The Kier molecular flexibility index (Phi) is 33.2. The third-order valence-corrected chi connectivity index (χ3v) is 9.29. The van der Waals surface area contributed by atoms with E-state index in [2.05, 4.69) is 77.6 Å². The summed E-state index contributed by atoms with van der Waals surface area (Å²) in [5.41, 5.74) is 0. The molecule has 45 heavy (non-hydrogen) atoms. The van der Waals surface area contributed by atoms with Crippen molar-refractivity contribution in [1.82, 2.24) is 15.1 Å². The molecule has 1 saturated heterocycles. The number of rotatable bonds is 33. The minimum atomic E-state index is 1.12. The van der Waals surface area contributed by atoms with Gasteiger partial charge in [-0.3, -0.25) is 4.90 Å². The summed E-state index contributed by atoms with van der Waals surface area (Å²) < 4.78 is 0. The second-order valence-corrected chi connectivity index (χ2v) is 13.6. The predicted molar refractivity (Wildman–Crippen MR) is 204 cm³/mol. The molecule has 0 aromatic carbocycles. The molecule has 1 aliphatic heterocycles. The van der Waals surface area contributed by atoms with Gasteiger partial charge in [-0.2, -0.15) is 0 Å². The van der Waals surface area contributed by atoms with E-state index < -0.39 is 0 Å². The van der Waals surface area contributed by atoms with Gasteiger partial charge >= 0.3 is 0 Å². The Morgan fingerprint density at radius 1 is 0.444 bits per heavy atom. The fraction of sp³-hybridized carbons (Fsp3) is 0.810. The third-order valence-electron chi connectivity index (χ3n) is 9.29. The number of hydrogen-bond donors (Lipinski definition) is 1. The Balaban J connectivity index is 2.06. The van der Waals surface area contributed by atoms with E-state index in [1.807, 2.05) is 0 Å². The maximum Gasteiger partial charge on any atom is 0.0110 e. The Labute approximate surface area is 283 Å². The Bertz CT molecular complexity index is 640. The molecule has 0 spiro atoms. The molecule has 1 fully saturated rings. The molecule has 0 unspecified atom stereocenters. The van der Waals surface area contributed by atoms with Crippen molar-refractivity contribution in [3.8, 4) is 0 Å². The predicted octanol–water partition coefficient (Wildman–Crippen LogP) is 11.8. The smallest absolute Gasteiger partial charge is 0.0110 e. The van der Waals surface area contributed by atoms with Crippen molar-refractivity contribution in [2.45, 2.75) is 168 Å². The van der Waals surface area contributed by atoms with Crippen LogP contribution >= 0.6 is 0 Å². The lowest BCUT2D eigenvalue weighted by molar-refractivity contribution is 0.184. The van der Waals surface area contributed by atoms with Crippen LogP contribution in [0.3, 0.4) is 0 Å². The second kappa shape index (κ2) is 35.7. The van der Waals surface area contributed by atoms with E-state index >= 15 is 0 Å². The van der Waals surface area contributed by atoms with Crippen LogP contribution in [0.25, 0.3) is 0 Å². The third kappa shape index (κ3) is 31.2. The van der Waals surface area contributed by atoms with Crippen molar-refractivity contribution < 1.29 is 0 Å². The number of nitrogens with one attached hydrogen (secondary N) is 1. The SMILES string of the molecule is CCCCC/C=C\C/C=C\CCCCCCCCN(CCCCCCCC/C=C\C/C=C\CCCCC)CCN1CCNCC1. The molecule has 0 saturated carbocycles. The van der Waals surface area contributed by atoms with E-state index in [4.69, 9.17) is 0 Å². The topological polar surface area (TPSA) is 18.5 Å². The van der Waals surface area contributed by atoms with Crippen LogP contribution in [0.5, 0.6) is 0 Å². The summed E-state index contributed by atoms with van der Waals surface area (Å²) in [5.74, 6) is 0. The monoisotopic (exact) mass is 626 g/mol. The maximum absolute atomic E-state index is 3.51. The van der Waals surface area contributed by atoms with Crippen LogP contribution in [0.1, 0.15) is 168 Å². The summed E-state index contributed by atoms with van der Waals surface area (Å²) in [6.45, 7) is 14.5. The molecular weight excluding hydrogens is 546 g/mol. The molecule has 0 aliphatic carbocycles. The van der Waals surface area contributed by atoms with E-state index in [0.29, 0.717) is 0 Å². The summed E-state index contributed by atoms with van der Waals surface area (Å²) in [4.78, 5) is 5.47. The van der Waals surface area contributed by atoms with Crippen LogP contribution in [0.15, 0.2) is 48.6 Å². The quantitative estimate of drug-likeness (QED) is 0.0578. The lowest BCUT2D eigenvalue weighted by Gasteiger charge is -2.30. The summed E-state index contributed by atoms with van der Waals surface area (Å²) in [6, 6.07) is 0. The summed E-state index contributed by atoms with van der Waals surface area (Å²) in [6.07, 6.45) is 51.1. The van der Waals surface area contributed by atoms with Crippen molar-refractivity contribution in [1.29, 1.82) is 0 Å². The molecule has 3 nitrogen and oxygen atoms in total. The Morgan fingerprint density at radius 2 is 0.822 bits per heavy atom. The largest absolute Gasteiger partial charge is 0.314 e. The maximum atomic E-state index is 3.51. The van der Waals surface area contributed by atoms with Gasteiger partial charge < -0.3 is 10.2 Å². The van der Waals surface area contributed by atoms with Gasteiger partial charge in [0.15, 0.2) is 0 Å². The molecule has 262 valence electrons. The van der Waals surface area contributed by atoms with E-state index in [1.54, 1.807) is 0 Å². The minimum Gasteiger partial charge on any atom is -0.314 e. The van der Waals surface area contributed by atoms with Crippen LogP contribution < -0.4 is 5.32 Å². The zero-order valence-electron chi connectivity index (χ0n) is 30.6. The van der Waals surface area contributed by atoms with Crippen LogP contribution in [-0.2, 0) is 0 Å². The first-order valence-electron chi connectivity index (χ1n) is 20.1. The van der Waals surface area contributed by atoms with Gasteiger partial charge in [0.1, 0.15) is 0 Å². The first kappa shape index (κ1) is 41.9. The van der Waals surface area contributed by atoms with Gasteiger partial charge in [-0.25, -0.2) is 0 Å². The van der Waals surface area contributed by atoms with Crippen molar-refractivity contribution in [3.63, 3.8) is 0 Å². The Morgan fingerprint density at radius 3 is 1.24 bits per heavy atom. The Hall–Kier alpha value is -1.16. The van der Waals surface area contributed by atoms with Crippen LogP contribution in [0.4, 0.5) is 0 Å². The zero-order chi connectivity index (χ0) is 32.1. The number of unbranched alkanes of at least 4 members (excludes halogenated alkanes) is 18. The standard InChI is InChI=1S/C42H79N3/c1-3-5-7-9-11-13-15-17-19-21-23-25-27-29-31-33-37-44(41-42-45-39-35-43-36-40-45)38-34-32-30-28-26-24-22-20-18-16-14-12-10-8-6-4-2/h11-14,17-20,43H,3-10,15-16,21-42H2,1-2H3/b13-11-,14-12-,19-17-,20-18-. The van der Waals surface area contributed by atoms with Gasteiger partial charge in [-0.15, -0.1) is 0 Å². The summed E-state index contributed by atoms with van der Waals surface area (Å²) in [5, 5.41) is 3.51. The van der Waals surface area contributed by atoms with E-state index in [9.17, 15) is 0 Å². The average Bonchev–Trinajstić information content (AvgIpc) is 3.06. The van der Waals surface area contributed by atoms with E-state index in [-0.39, 0.29) is 0 Å². The van der Waals surface area contributed by atoms with Crippen LogP contribution in [-0.4, -0.2) is 62.2 Å². The van der Waals surface area contributed by atoms with Crippen molar-refractivity contribution >= 4 is 0 Å². The van der Waals surface area contributed by atoms with E-state index in [0.717, 1.165) is 25.9 Å². The van der Waals surface area contributed by atoms with Crippen LogP contribution in [0.2, 0.25) is 0 Å². The highest BCUT2D eigenvalue weighted by Gasteiger charge is 2.11. The highest BCUT2D eigenvalue weighted by Crippen LogP contribution is 2.12. The van der Waals surface area contributed by atoms with Crippen molar-refractivity contribution in [2.24, 2.45) is 0 Å². The summed E-state index contributed by atoms with van der Waals surface area (Å²) in [7, 11) is 0. The minimum absolute atomic E-state index is 1.12. The van der Waals surface area contributed by atoms with Gasteiger partial charge in [0.05, 0.1) is 0 Å². The average molecular weight is 626 g/mol. The van der Waals surface area contributed by atoms with Gasteiger partial charge in [0.25, 0.3) is 0 Å². The fourth-order valence-electron chi connectivity index (χ4n) is 6.20. The number of hydrogen-bond acceptors (Lipinski definition) is 3. The molecule has 0 bridgehead atoms. The van der Waals surface area contributed by atoms with Gasteiger partial charge in [-0.05, 0) is 90.1 Å². The molecule has 0 aromatic rings. The molecule has 0 amide bonds. The zero-order valence-corrected chi connectivity index (χ0v) is 30.6.